The fourth-order valence-corrected chi connectivity index (χ4v) is 0.376. The SMILES string of the molecule is CC(O)CC(O)C#N. The smallest absolute Gasteiger partial charge is 0.142 e. The summed E-state index contributed by atoms with van der Waals surface area (Å²) < 4.78 is 0. The van der Waals surface area contributed by atoms with Crippen molar-refractivity contribution in [1.29, 1.82) is 5.26 Å². The Morgan fingerprint density at radius 2 is 2.12 bits per heavy atom. The van der Waals surface area contributed by atoms with Crippen LogP contribution < -0.4 is 0 Å². The van der Waals surface area contributed by atoms with Gasteiger partial charge in [0.15, 0.2) is 0 Å². The first-order valence-corrected chi connectivity index (χ1v) is 2.42. The molecular weight excluding hydrogens is 106 g/mol. The predicted octanol–water partition coefficient (Wildman–Crippen LogP) is -0.358. The quantitative estimate of drug-likeness (QED) is 0.483. The summed E-state index contributed by atoms with van der Waals surface area (Å²) in [6.45, 7) is 1.53. The van der Waals surface area contributed by atoms with Crippen molar-refractivity contribution >= 4 is 0 Å². The van der Waals surface area contributed by atoms with E-state index in [1.54, 1.807) is 6.07 Å². The topological polar surface area (TPSA) is 64.2 Å². The van der Waals surface area contributed by atoms with Crippen LogP contribution in [-0.4, -0.2) is 22.4 Å². The molecule has 3 nitrogen and oxygen atoms in total. The van der Waals surface area contributed by atoms with E-state index in [0.717, 1.165) is 0 Å². The molecule has 0 aliphatic carbocycles. The largest absolute Gasteiger partial charge is 0.393 e. The van der Waals surface area contributed by atoms with Gasteiger partial charge in [-0.1, -0.05) is 0 Å². The van der Waals surface area contributed by atoms with Crippen molar-refractivity contribution in [1.82, 2.24) is 0 Å². The lowest BCUT2D eigenvalue weighted by atomic mass is 10.2. The zero-order chi connectivity index (χ0) is 6.57. The number of rotatable bonds is 2. The molecule has 0 bridgehead atoms. The summed E-state index contributed by atoms with van der Waals surface area (Å²) in [5.41, 5.74) is 0. The van der Waals surface area contributed by atoms with Gasteiger partial charge in [-0.05, 0) is 6.92 Å². The van der Waals surface area contributed by atoms with Crippen molar-refractivity contribution in [2.45, 2.75) is 25.6 Å². The minimum Gasteiger partial charge on any atom is -0.393 e. The van der Waals surface area contributed by atoms with Gasteiger partial charge in [0.25, 0.3) is 0 Å². The predicted molar refractivity (Wildman–Crippen MR) is 27.9 cm³/mol. The van der Waals surface area contributed by atoms with Crippen LogP contribution in [0.3, 0.4) is 0 Å². The molecule has 0 saturated carbocycles. The summed E-state index contributed by atoms with van der Waals surface area (Å²) in [6.07, 6.45) is -1.48. The first-order chi connectivity index (χ1) is 3.66. The molecule has 0 spiro atoms. The maximum absolute atomic E-state index is 8.54. The van der Waals surface area contributed by atoms with Crippen molar-refractivity contribution in [2.75, 3.05) is 0 Å². The van der Waals surface area contributed by atoms with Gasteiger partial charge in [0.05, 0.1) is 12.2 Å². The average Bonchev–Trinajstić information content (AvgIpc) is 1.65. The number of nitrogens with zero attached hydrogens (tertiary/aromatic N) is 1. The third-order valence-electron chi connectivity index (χ3n) is 0.713. The van der Waals surface area contributed by atoms with Gasteiger partial charge < -0.3 is 10.2 Å². The zero-order valence-corrected chi connectivity index (χ0v) is 4.70. The van der Waals surface area contributed by atoms with Gasteiger partial charge >= 0.3 is 0 Å². The van der Waals surface area contributed by atoms with Crippen molar-refractivity contribution in [3.05, 3.63) is 0 Å². The standard InChI is InChI=1S/C5H9NO2/c1-4(7)2-5(8)3-6/h4-5,7-8H,2H2,1H3. The molecule has 0 aromatic rings. The maximum atomic E-state index is 8.54. The fourth-order valence-electron chi connectivity index (χ4n) is 0.376. The monoisotopic (exact) mass is 115 g/mol. The molecule has 0 radical (unpaired) electrons. The van der Waals surface area contributed by atoms with Gasteiger partial charge in [-0.2, -0.15) is 5.26 Å². The Morgan fingerprint density at radius 1 is 1.62 bits per heavy atom. The van der Waals surface area contributed by atoms with Gasteiger partial charge in [-0.25, -0.2) is 0 Å². The molecule has 0 aliphatic rings. The van der Waals surface area contributed by atoms with E-state index in [-0.39, 0.29) is 6.42 Å². The molecule has 0 amide bonds. The van der Waals surface area contributed by atoms with Crippen molar-refractivity contribution in [3.8, 4) is 6.07 Å². The van der Waals surface area contributed by atoms with Gasteiger partial charge in [0, 0.05) is 6.42 Å². The molecule has 8 heavy (non-hydrogen) atoms. The molecule has 2 atom stereocenters. The third kappa shape index (κ3) is 3.59. The Bertz CT molecular complexity index is 95.1. The highest BCUT2D eigenvalue weighted by Crippen LogP contribution is 1.93. The molecule has 0 saturated heterocycles. The Balaban J connectivity index is 3.28. The van der Waals surface area contributed by atoms with Crippen LogP contribution in [0.25, 0.3) is 0 Å². The van der Waals surface area contributed by atoms with Crippen LogP contribution in [0.4, 0.5) is 0 Å². The summed E-state index contributed by atoms with van der Waals surface area (Å²) in [6, 6.07) is 1.59. The van der Waals surface area contributed by atoms with Crippen molar-refractivity contribution in [2.24, 2.45) is 0 Å². The molecule has 0 fully saturated rings. The molecule has 46 valence electrons. The second-order valence-electron chi connectivity index (χ2n) is 1.73. The highest BCUT2D eigenvalue weighted by molar-refractivity contribution is 4.82. The van der Waals surface area contributed by atoms with Crippen molar-refractivity contribution < 1.29 is 10.2 Å². The van der Waals surface area contributed by atoms with Gasteiger partial charge in [-0.3, -0.25) is 0 Å². The van der Waals surface area contributed by atoms with Crippen LogP contribution >= 0.6 is 0 Å². The van der Waals surface area contributed by atoms with Crippen LogP contribution in [0.5, 0.6) is 0 Å². The van der Waals surface area contributed by atoms with Gasteiger partial charge in [0.2, 0.25) is 0 Å². The molecule has 0 heterocycles. The first kappa shape index (κ1) is 7.41. The summed E-state index contributed by atoms with van der Waals surface area (Å²) in [5.74, 6) is 0. The second-order valence-corrected chi connectivity index (χ2v) is 1.73. The zero-order valence-electron chi connectivity index (χ0n) is 4.70. The van der Waals surface area contributed by atoms with Crippen LogP contribution in [0.1, 0.15) is 13.3 Å². The highest BCUT2D eigenvalue weighted by Gasteiger charge is 2.03. The van der Waals surface area contributed by atoms with Crippen LogP contribution in [-0.2, 0) is 0 Å². The number of aliphatic hydroxyl groups excluding tert-OH is 2. The summed E-state index contributed by atoms with van der Waals surface area (Å²) >= 11 is 0. The lowest BCUT2D eigenvalue weighted by Gasteiger charge is -2.01. The lowest BCUT2D eigenvalue weighted by molar-refractivity contribution is 0.120. The van der Waals surface area contributed by atoms with E-state index in [9.17, 15) is 0 Å². The molecule has 0 aromatic heterocycles. The Morgan fingerprint density at radius 3 is 2.25 bits per heavy atom. The maximum Gasteiger partial charge on any atom is 0.142 e. The van der Waals surface area contributed by atoms with E-state index in [1.165, 1.54) is 6.92 Å². The van der Waals surface area contributed by atoms with E-state index in [4.69, 9.17) is 15.5 Å². The Hall–Kier alpha value is -0.590. The van der Waals surface area contributed by atoms with Gasteiger partial charge in [-0.15, -0.1) is 0 Å². The molecule has 0 aromatic carbocycles. The summed E-state index contributed by atoms with van der Waals surface area (Å²) in [7, 11) is 0. The summed E-state index contributed by atoms with van der Waals surface area (Å²) in [5, 5.41) is 25.0. The molecule has 2 N–H and O–H groups in total. The van der Waals surface area contributed by atoms with Crippen LogP contribution in [0, 0.1) is 11.3 Å². The fraction of sp³-hybridized carbons (Fsp3) is 0.800. The number of hydrogen-bond acceptors (Lipinski definition) is 3. The van der Waals surface area contributed by atoms with Crippen LogP contribution in [0.2, 0.25) is 0 Å². The van der Waals surface area contributed by atoms with E-state index in [2.05, 4.69) is 0 Å². The normalized spacial score (nSPS) is 16.8. The van der Waals surface area contributed by atoms with Gasteiger partial charge in [0.1, 0.15) is 6.10 Å². The van der Waals surface area contributed by atoms with E-state index in [1.807, 2.05) is 0 Å². The minimum atomic E-state index is -1.02. The first-order valence-electron chi connectivity index (χ1n) is 2.42. The number of hydrogen-bond donors (Lipinski definition) is 2. The van der Waals surface area contributed by atoms with Crippen molar-refractivity contribution in [3.63, 3.8) is 0 Å². The molecule has 0 aliphatic heterocycles. The van der Waals surface area contributed by atoms with Crippen LogP contribution in [0.15, 0.2) is 0 Å². The number of nitriles is 1. The molecule has 2 unspecified atom stereocenters. The van der Waals surface area contributed by atoms with E-state index < -0.39 is 12.2 Å². The second kappa shape index (κ2) is 3.42. The highest BCUT2D eigenvalue weighted by atomic mass is 16.3. The minimum absolute atomic E-state index is 0.135. The molecule has 3 heteroatoms. The van der Waals surface area contributed by atoms with E-state index >= 15 is 0 Å². The molecule has 0 rings (SSSR count). The molecular formula is C5H9NO2. The number of aliphatic hydroxyl groups is 2. The van der Waals surface area contributed by atoms with E-state index in [0.29, 0.717) is 0 Å². The lowest BCUT2D eigenvalue weighted by Crippen LogP contribution is -2.11. The Kier molecular flexibility index (Phi) is 3.16. The third-order valence-corrected chi connectivity index (χ3v) is 0.713. The summed E-state index contributed by atoms with van der Waals surface area (Å²) in [4.78, 5) is 0. The average molecular weight is 115 g/mol. The Labute approximate surface area is 48.2 Å².